The standard InChI is InChI=1S/C27H31N3O12/c1-17(31)12-29(16-27(36)37)13-24(41-9-8-40-7-6-28(14-25(32)33)15-26(34)35)20-10-19-18-4-2-3-5-22(18)42-23(19)11-21(20)30(38)39/h2-5,10-11,24H,6-9,12-16H2,1H3,(H,32,33)(H,34,35)(H,36,37). The summed E-state index contributed by atoms with van der Waals surface area (Å²) < 4.78 is 17.2. The molecule has 0 bridgehead atoms. The lowest BCUT2D eigenvalue weighted by molar-refractivity contribution is -0.386. The van der Waals surface area contributed by atoms with E-state index in [4.69, 9.17) is 24.1 Å². The van der Waals surface area contributed by atoms with Gasteiger partial charge in [0.05, 0.1) is 62.6 Å². The van der Waals surface area contributed by atoms with Crippen LogP contribution in [0.25, 0.3) is 21.9 Å². The normalized spacial score (nSPS) is 12.3. The molecule has 42 heavy (non-hydrogen) atoms. The van der Waals surface area contributed by atoms with Gasteiger partial charge in [-0.1, -0.05) is 18.2 Å². The molecule has 0 amide bonds. The van der Waals surface area contributed by atoms with Gasteiger partial charge in [-0.25, -0.2) is 0 Å². The van der Waals surface area contributed by atoms with Crippen molar-refractivity contribution < 1.29 is 53.3 Å². The number of aliphatic carboxylic acids is 3. The van der Waals surface area contributed by atoms with Crippen molar-refractivity contribution in [1.29, 1.82) is 0 Å². The van der Waals surface area contributed by atoms with Crippen LogP contribution in [0.3, 0.4) is 0 Å². The Hall–Kier alpha value is -4.44. The molecule has 0 fully saturated rings. The van der Waals surface area contributed by atoms with E-state index < -0.39 is 48.6 Å². The number of Topliss-reactive ketones (excluding diaryl/α,β-unsaturated/α-hetero) is 1. The lowest BCUT2D eigenvalue weighted by Crippen LogP contribution is -2.38. The highest BCUT2D eigenvalue weighted by molar-refractivity contribution is 6.05. The highest BCUT2D eigenvalue weighted by Gasteiger charge is 2.28. The molecule has 226 valence electrons. The summed E-state index contributed by atoms with van der Waals surface area (Å²) >= 11 is 0. The summed E-state index contributed by atoms with van der Waals surface area (Å²) in [6.07, 6.45) is -1.05. The van der Waals surface area contributed by atoms with Gasteiger partial charge in [0.25, 0.3) is 5.69 Å². The minimum atomic E-state index is -1.20. The van der Waals surface area contributed by atoms with E-state index in [-0.39, 0.29) is 62.1 Å². The van der Waals surface area contributed by atoms with Gasteiger partial charge in [-0.05, 0) is 19.1 Å². The van der Waals surface area contributed by atoms with Gasteiger partial charge in [0, 0.05) is 23.9 Å². The van der Waals surface area contributed by atoms with Crippen LogP contribution >= 0.6 is 0 Å². The molecule has 0 aliphatic heterocycles. The Morgan fingerprint density at radius 3 is 2.14 bits per heavy atom. The summed E-state index contributed by atoms with van der Waals surface area (Å²) in [6, 6.07) is 9.92. The molecule has 15 heteroatoms. The number of fused-ring (bicyclic) bond motifs is 3. The number of nitrogens with zero attached hydrogens (tertiary/aromatic N) is 3. The van der Waals surface area contributed by atoms with E-state index in [1.165, 1.54) is 22.8 Å². The van der Waals surface area contributed by atoms with Crippen LogP contribution in [-0.2, 0) is 28.7 Å². The molecule has 15 nitrogen and oxygen atoms in total. The van der Waals surface area contributed by atoms with Gasteiger partial charge in [0.1, 0.15) is 23.1 Å². The second-order valence-electron chi connectivity index (χ2n) is 9.50. The molecule has 0 saturated carbocycles. The summed E-state index contributed by atoms with van der Waals surface area (Å²) in [6.45, 7) is -0.732. The zero-order valence-corrected chi connectivity index (χ0v) is 22.8. The number of carboxylic acids is 3. The number of benzene rings is 2. The van der Waals surface area contributed by atoms with Crippen LogP contribution in [0.2, 0.25) is 0 Å². The number of carbonyl (C=O) groups is 4. The molecule has 3 rings (SSSR count). The predicted octanol–water partition coefficient (Wildman–Crippen LogP) is 2.02. The molecule has 1 unspecified atom stereocenters. The Balaban J connectivity index is 1.84. The third-order valence-electron chi connectivity index (χ3n) is 6.12. The number of ketones is 1. The number of hydrogen-bond donors (Lipinski definition) is 3. The van der Waals surface area contributed by atoms with E-state index in [2.05, 4.69) is 0 Å². The molecule has 0 aliphatic carbocycles. The van der Waals surface area contributed by atoms with Gasteiger partial charge in [-0.15, -0.1) is 0 Å². The molecule has 0 radical (unpaired) electrons. The van der Waals surface area contributed by atoms with Gasteiger partial charge in [0.2, 0.25) is 0 Å². The number of hydrogen-bond acceptors (Lipinski definition) is 11. The van der Waals surface area contributed by atoms with Crippen LogP contribution in [0.1, 0.15) is 18.6 Å². The van der Waals surface area contributed by atoms with E-state index in [0.29, 0.717) is 16.4 Å². The van der Waals surface area contributed by atoms with Gasteiger partial charge in [0.15, 0.2) is 0 Å². The lowest BCUT2D eigenvalue weighted by Gasteiger charge is -2.26. The number of carbonyl (C=O) groups excluding carboxylic acids is 1. The fourth-order valence-electron chi connectivity index (χ4n) is 4.50. The first-order chi connectivity index (χ1) is 19.9. The number of carboxylic acid groups (broad SMARTS) is 3. The Bertz CT molecular complexity index is 1420. The third-order valence-corrected chi connectivity index (χ3v) is 6.12. The largest absolute Gasteiger partial charge is 0.480 e. The summed E-state index contributed by atoms with van der Waals surface area (Å²) in [7, 11) is 0. The van der Waals surface area contributed by atoms with Gasteiger partial charge < -0.3 is 29.2 Å². The zero-order chi connectivity index (χ0) is 30.8. The molecule has 1 atom stereocenters. The summed E-state index contributed by atoms with van der Waals surface area (Å²) in [5.74, 6) is -3.89. The fourth-order valence-corrected chi connectivity index (χ4v) is 4.50. The Kier molecular flexibility index (Phi) is 11.4. The third kappa shape index (κ3) is 9.31. The Labute approximate surface area is 238 Å². The number of ether oxygens (including phenoxy) is 2. The minimum Gasteiger partial charge on any atom is -0.480 e. The number of nitro benzene ring substituents is 1. The lowest BCUT2D eigenvalue weighted by atomic mass is 10.0. The van der Waals surface area contributed by atoms with Crippen LogP contribution in [0, 0.1) is 10.1 Å². The summed E-state index contributed by atoms with van der Waals surface area (Å²) in [5.41, 5.74) is 0.636. The highest BCUT2D eigenvalue weighted by Crippen LogP contribution is 2.37. The smallest absolute Gasteiger partial charge is 0.317 e. The molecule has 2 aromatic carbocycles. The highest BCUT2D eigenvalue weighted by atomic mass is 16.6. The van der Waals surface area contributed by atoms with E-state index in [9.17, 15) is 34.4 Å². The number of rotatable bonds is 19. The van der Waals surface area contributed by atoms with Gasteiger partial charge in [-0.2, -0.15) is 0 Å². The maximum atomic E-state index is 12.1. The average molecular weight is 590 g/mol. The van der Waals surface area contributed by atoms with Crippen molar-refractivity contribution in [3.8, 4) is 0 Å². The SMILES string of the molecule is CC(=O)CN(CC(=O)O)CC(OCCOCCN(CC(=O)O)CC(=O)O)c1cc2c(cc1[N+](=O)[O-])oc1ccccc12. The first-order valence-electron chi connectivity index (χ1n) is 12.8. The van der Waals surface area contributed by atoms with E-state index in [1.54, 1.807) is 30.3 Å². The Morgan fingerprint density at radius 2 is 1.52 bits per heavy atom. The van der Waals surface area contributed by atoms with Crippen molar-refractivity contribution in [3.63, 3.8) is 0 Å². The maximum absolute atomic E-state index is 12.1. The molecule has 0 spiro atoms. The van der Waals surface area contributed by atoms with Crippen LogP contribution in [0.15, 0.2) is 40.8 Å². The van der Waals surface area contributed by atoms with Crippen molar-refractivity contribution >= 4 is 51.3 Å². The predicted molar refractivity (Wildman–Crippen MR) is 146 cm³/mol. The summed E-state index contributed by atoms with van der Waals surface area (Å²) in [4.78, 5) is 59.2. The molecule has 0 saturated heterocycles. The summed E-state index contributed by atoms with van der Waals surface area (Å²) in [5, 5.41) is 40.7. The maximum Gasteiger partial charge on any atom is 0.317 e. The topological polar surface area (TPSA) is 210 Å². The van der Waals surface area contributed by atoms with E-state index in [0.717, 1.165) is 0 Å². The van der Waals surface area contributed by atoms with Crippen molar-refractivity contribution in [1.82, 2.24) is 9.80 Å². The van der Waals surface area contributed by atoms with Crippen molar-refractivity contribution in [2.24, 2.45) is 0 Å². The molecule has 3 N–H and O–H groups in total. The monoisotopic (exact) mass is 589 g/mol. The van der Waals surface area contributed by atoms with Crippen LogP contribution in [-0.4, -0.2) is 113 Å². The van der Waals surface area contributed by atoms with E-state index in [1.807, 2.05) is 0 Å². The molecule has 0 aliphatic rings. The van der Waals surface area contributed by atoms with E-state index >= 15 is 0 Å². The second kappa shape index (κ2) is 15.0. The van der Waals surface area contributed by atoms with Crippen molar-refractivity contribution in [2.45, 2.75) is 13.0 Å². The molecular weight excluding hydrogens is 558 g/mol. The molecular formula is C27H31N3O12. The van der Waals surface area contributed by atoms with Crippen LogP contribution < -0.4 is 0 Å². The van der Waals surface area contributed by atoms with Gasteiger partial charge in [-0.3, -0.25) is 39.1 Å². The Morgan fingerprint density at radius 1 is 0.881 bits per heavy atom. The second-order valence-corrected chi connectivity index (χ2v) is 9.50. The quantitative estimate of drug-likeness (QED) is 0.104. The first kappa shape index (κ1) is 32.1. The zero-order valence-electron chi connectivity index (χ0n) is 22.8. The molecule has 1 aromatic heterocycles. The van der Waals surface area contributed by atoms with Crippen molar-refractivity contribution in [2.75, 3.05) is 59.1 Å². The average Bonchev–Trinajstić information content (AvgIpc) is 3.25. The first-order valence-corrected chi connectivity index (χ1v) is 12.8. The fraction of sp³-hybridized carbons (Fsp3) is 0.407. The van der Waals surface area contributed by atoms with Crippen molar-refractivity contribution in [3.05, 3.63) is 52.1 Å². The molecule has 1 heterocycles. The van der Waals surface area contributed by atoms with Crippen LogP contribution in [0.5, 0.6) is 0 Å². The van der Waals surface area contributed by atoms with Crippen LogP contribution in [0.4, 0.5) is 5.69 Å². The van der Waals surface area contributed by atoms with Gasteiger partial charge >= 0.3 is 17.9 Å². The molecule has 3 aromatic rings. The number of nitro groups is 1. The number of furan rings is 1. The number of para-hydroxylation sites is 1. The minimum absolute atomic E-state index is 0.0166.